The monoisotopic (exact) mass is 485 g/mol. The number of aryl methyl sites for hydroxylation is 1. The molecule has 2 aromatic carbocycles. The number of nitrogens with one attached hydrogen (secondary N) is 1. The Morgan fingerprint density at radius 2 is 2.00 bits per heavy atom. The lowest BCUT2D eigenvalue weighted by atomic mass is 9.85. The summed E-state index contributed by atoms with van der Waals surface area (Å²) >= 11 is 0. The predicted molar refractivity (Wildman–Crippen MR) is 130 cm³/mol. The number of carbonyl (C=O) groups is 2. The topological polar surface area (TPSA) is 147 Å². The molecule has 3 N–H and O–H groups in total. The van der Waals surface area contributed by atoms with Gasteiger partial charge in [-0.05, 0) is 24.6 Å². The molecule has 0 fully saturated rings. The Morgan fingerprint density at radius 1 is 1.19 bits per heavy atom. The van der Waals surface area contributed by atoms with E-state index in [0.29, 0.717) is 23.0 Å². The summed E-state index contributed by atoms with van der Waals surface area (Å²) in [4.78, 5) is 28.5. The second kappa shape index (κ2) is 9.45. The summed E-state index contributed by atoms with van der Waals surface area (Å²) in [6.07, 6.45) is 1.80. The molecule has 5 rings (SSSR count). The number of amides is 2. The lowest BCUT2D eigenvalue weighted by Gasteiger charge is -2.24. The number of primary amides is 1. The van der Waals surface area contributed by atoms with Gasteiger partial charge in [-0.25, -0.2) is 4.98 Å². The van der Waals surface area contributed by atoms with Gasteiger partial charge in [0, 0.05) is 23.5 Å². The number of aromatic nitrogens is 5. The Labute approximate surface area is 206 Å². The molecule has 1 atom stereocenters. The Kier molecular flexibility index (Phi) is 6.03. The number of nitrogens with two attached hydrogens (primary N) is 1. The maximum atomic E-state index is 12.8. The van der Waals surface area contributed by atoms with Gasteiger partial charge in [-0.3, -0.25) is 9.59 Å². The molecular weight excluding hydrogens is 462 g/mol. The zero-order chi connectivity index (χ0) is 25.2. The molecule has 1 aliphatic rings. The number of methoxy groups -OCH3 is 1. The van der Waals surface area contributed by atoms with Gasteiger partial charge in [-0.2, -0.15) is 14.9 Å². The van der Waals surface area contributed by atoms with Crippen LogP contribution in [0.25, 0.3) is 17.2 Å². The molecular formula is C25H23N7O4. The number of ether oxygens (including phenoxy) is 2. The van der Waals surface area contributed by atoms with Crippen molar-refractivity contribution in [3.8, 4) is 28.7 Å². The molecule has 11 nitrogen and oxygen atoms in total. The summed E-state index contributed by atoms with van der Waals surface area (Å²) < 4.78 is 12.4. The maximum absolute atomic E-state index is 12.8. The number of rotatable bonds is 7. The van der Waals surface area contributed by atoms with E-state index in [0.717, 1.165) is 22.4 Å². The van der Waals surface area contributed by atoms with E-state index in [1.807, 2.05) is 43.3 Å². The third kappa shape index (κ3) is 4.33. The van der Waals surface area contributed by atoms with Crippen LogP contribution in [0.1, 0.15) is 29.2 Å². The lowest BCUT2D eigenvalue weighted by molar-refractivity contribution is -0.120. The van der Waals surface area contributed by atoms with Crippen LogP contribution in [0, 0.1) is 6.92 Å². The first-order chi connectivity index (χ1) is 17.4. The second-order valence-corrected chi connectivity index (χ2v) is 8.24. The molecule has 2 aromatic heterocycles. The molecule has 1 aliphatic heterocycles. The first kappa shape index (κ1) is 23.0. The van der Waals surface area contributed by atoms with Crippen molar-refractivity contribution in [2.24, 2.45) is 5.73 Å². The van der Waals surface area contributed by atoms with Crippen molar-refractivity contribution < 1.29 is 19.1 Å². The van der Waals surface area contributed by atoms with Crippen LogP contribution < -0.4 is 20.5 Å². The Balaban J connectivity index is 1.55. The minimum absolute atomic E-state index is 0.172. The van der Waals surface area contributed by atoms with Crippen LogP contribution in [0.15, 0.2) is 54.7 Å². The lowest BCUT2D eigenvalue weighted by Crippen LogP contribution is -2.25. The minimum atomic E-state index is -0.592. The highest BCUT2D eigenvalue weighted by molar-refractivity contribution is 5.95. The summed E-state index contributed by atoms with van der Waals surface area (Å²) in [5.74, 6) is 0.481. The number of hydrogen-bond donors (Lipinski definition) is 2. The minimum Gasteiger partial charge on any atom is -0.493 e. The first-order valence-corrected chi connectivity index (χ1v) is 11.2. The smallest absolute Gasteiger partial charge is 0.272 e. The van der Waals surface area contributed by atoms with Gasteiger partial charge in [-0.1, -0.05) is 36.4 Å². The number of anilines is 1. The number of carbonyl (C=O) groups excluding carboxylic acids is 2. The summed E-state index contributed by atoms with van der Waals surface area (Å²) in [6.45, 7) is 1.60. The van der Waals surface area contributed by atoms with Gasteiger partial charge < -0.3 is 20.5 Å². The maximum Gasteiger partial charge on any atom is 0.272 e. The van der Waals surface area contributed by atoms with Gasteiger partial charge in [0.2, 0.25) is 5.91 Å². The van der Waals surface area contributed by atoms with E-state index in [1.165, 1.54) is 11.8 Å². The molecule has 0 radical (unpaired) electrons. The highest BCUT2D eigenvalue weighted by Gasteiger charge is 2.34. The molecule has 0 bridgehead atoms. The van der Waals surface area contributed by atoms with Crippen molar-refractivity contribution in [2.75, 3.05) is 19.0 Å². The second-order valence-electron chi connectivity index (χ2n) is 8.24. The van der Waals surface area contributed by atoms with Gasteiger partial charge in [-0.15, -0.1) is 5.10 Å². The fraction of sp³-hybridized carbons (Fsp3) is 0.200. The highest BCUT2D eigenvalue weighted by Crippen LogP contribution is 2.42. The van der Waals surface area contributed by atoms with Gasteiger partial charge >= 0.3 is 0 Å². The van der Waals surface area contributed by atoms with Crippen molar-refractivity contribution in [1.82, 2.24) is 25.0 Å². The van der Waals surface area contributed by atoms with E-state index in [-0.39, 0.29) is 30.8 Å². The predicted octanol–water partition coefficient (Wildman–Crippen LogP) is 2.38. The van der Waals surface area contributed by atoms with Crippen LogP contribution in [0.3, 0.4) is 0 Å². The average Bonchev–Trinajstić information content (AvgIpc) is 3.23. The number of nitrogens with zero attached hydrogens (tertiary/aromatic N) is 5. The van der Waals surface area contributed by atoms with Gasteiger partial charge in [0.15, 0.2) is 18.1 Å². The molecule has 36 heavy (non-hydrogen) atoms. The van der Waals surface area contributed by atoms with Crippen molar-refractivity contribution >= 4 is 17.6 Å². The molecule has 182 valence electrons. The summed E-state index contributed by atoms with van der Waals surface area (Å²) in [6, 6.07) is 14.9. The first-order valence-electron chi connectivity index (χ1n) is 11.2. The quantitative estimate of drug-likeness (QED) is 0.405. The molecule has 0 spiro atoms. The highest BCUT2D eigenvalue weighted by atomic mass is 16.5. The van der Waals surface area contributed by atoms with Crippen LogP contribution in [0.4, 0.5) is 5.82 Å². The van der Waals surface area contributed by atoms with E-state index < -0.39 is 5.91 Å². The molecule has 0 saturated heterocycles. The van der Waals surface area contributed by atoms with Crippen LogP contribution in [-0.2, 0) is 9.59 Å². The van der Waals surface area contributed by atoms with Crippen LogP contribution in [-0.4, -0.2) is 50.5 Å². The fourth-order valence-electron chi connectivity index (χ4n) is 4.28. The Hall–Kier alpha value is -4.80. The zero-order valence-corrected chi connectivity index (χ0v) is 19.6. The van der Waals surface area contributed by atoms with Gasteiger partial charge in [0.05, 0.1) is 24.7 Å². The summed E-state index contributed by atoms with van der Waals surface area (Å²) in [5.41, 5.74) is 9.10. The third-order valence-corrected chi connectivity index (χ3v) is 5.87. The molecule has 4 aromatic rings. The largest absolute Gasteiger partial charge is 0.493 e. The zero-order valence-electron chi connectivity index (χ0n) is 19.6. The molecule has 1 unspecified atom stereocenters. The number of hydrogen-bond acceptors (Lipinski definition) is 8. The van der Waals surface area contributed by atoms with Gasteiger partial charge in [0.1, 0.15) is 5.82 Å². The normalized spacial score (nSPS) is 14.6. The SMILES string of the molecule is COc1cc(C2CC(=O)Nc3c2c(C)nn3-c2nncc(-c3ccccc3)n2)ccc1OCC(N)=O. The van der Waals surface area contributed by atoms with E-state index in [1.54, 1.807) is 18.3 Å². The van der Waals surface area contributed by atoms with E-state index in [2.05, 4.69) is 25.6 Å². The van der Waals surface area contributed by atoms with Gasteiger partial charge in [0.25, 0.3) is 11.9 Å². The fourth-order valence-corrected chi connectivity index (χ4v) is 4.28. The summed E-state index contributed by atoms with van der Waals surface area (Å²) in [7, 11) is 1.50. The van der Waals surface area contributed by atoms with Crippen LogP contribution in [0.2, 0.25) is 0 Å². The van der Waals surface area contributed by atoms with Crippen molar-refractivity contribution in [1.29, 1.82) is 0 Å². The van der Waals surface area contributed by atoms with Crippen LogP contribution in [0.5, 0.6) is 11.5 Å². The van der Waals surface area contributed by atoms with Crippen molar-refractivity contribution in [3.63, 3.8) is 0 Å². The number of fused-ring (bicyclic) bond motifs is 1. The van der Waals surface area contributed by atoms with Crippen molar-refractivity contribution in [2.45, 2.75) is 19.3 Å². The van der Waals surface area contributed by atoms with Crippen molar-refractivity contribution in [3.05, 3.63) is 71.5 Å². The molecule has 0 aliphatic carbocycles. The average molecular weight is 486 g/mol. The third-order valence-electron chi connectivity index (χ3n) is 5.87. The molecule has 2 amide bonds. The molecule has 3 heterocycles. The van der Waals surface area contributed by atoms with Crippen LogP contribution >= 0.6 is 0 Å². The number of benzene rings is 2. The summed E-state index contributed by atoms with van der Waals surface area (Å²) in [5, 5.41) is 15.8. The van der Waals surface area contributed by atoms with E-state index in [4.69, 9.17) is 15.2 Å². The van der Waals surface area contributed by atoms with E-state index in [9.17, 15) is 9.59 Å². The molecule has 11 heteroatoms. The molecule has 0 saturated carbocycles. The van der Waals surface area contributed by atoms with E-state index >= 15 is 0 Å². The Morgan fingerprint density at radius 3 is 2.75 bits per heavy atom. The standard InChI is InChI=1S/C25H23N7O4/c1-14-23-17(16-8-9-19(20(10-16)35-2)36-13-21(26)33)11-22(34)29-24(23)32(31-14)25-28-18(12-27-30-25)15-6-4-3-5-7-15/h3-10,12,17H,11,13H2,1-2H3,(H2,26,33)(H,29,34). The Bertz CT molecular complexity index is 1450.